The number of carbonyl (C=O) groups is 2. The maximum Gasteiger partial charge on any atom is 0.270 e. The molecule has 1 fully saturated rings. The molecule has 2 aliphatic rings. The lowest BCUT2D eigenvalue weighted by Crippen LogP contribution is -2.41. The molecule has 18 heavy (non-hydrogen) atoms. The number of hydrogen-bond acceptors (Lipinski definition) is 4. The number of likely N-dealkylation sites (tertiary alicyclic amines) is 1. The highest BCUT2D eigenvalue weighted by Crippen LogP contribution is 2.21. The van der Waals surface area contributed by atoms with Gasteiger partial charge in [0.2, 0.25) is 5.91 Å². The zero-order chi connectivity index (χ0) is 13.2. The molecule has 0 aromatic rings. The Morgan fingerprint density at radius 3 is 2.83 bits per heavy atom. The maximum absolute atomic E-state index is 12.2. The van der Waals surface area contributed by atoms with E-state index in [0.29, 0.717) is 44.5 Å². The van der Waals surface area contributed by atoms with Crippen LogP contribution in [-0.4, -0.2) is 46.2 Å². The van der Waals surface area contributed by atoms with Crippen molar-refractivity contribution in [1.82, 2.24) is 10.3 Å². The normalized spacial score (nSPS) is 29.3. The molecule has 100 valence electrons. The van der Waals surface area contributed by atoms with Gasteiger partial charge < -0.3 is 10.0 Å². The van der Waals surface area contributed by atoms with Gasteiger partial charge in [-0.25, -0.2) is 5.43 Å². The quantitative estimate of drug-likeness (QED) is 0.691. The molecule has 2 rings (SSSR count). The van der Waals surface area contributed by atoms with E-state index < -0.39 is 5.60 Å². The van der Waals surface area contributed by atoms with Gasteiger partial charge in [-0.1, -0.05) is 0 Å². The van der Waals surface area contributed by atoms with Crippen molar-refractivity contribution in [1.29, 1.82) is 0 Å². The Labute approximate surface area is 106 Å². The molecule has 2 amide bonds. The maximum atomic E-state index is 12.2. The van der Waals surface area contributed by atoms with E-state index in [1.165, 1.54) is 0 Å². The molecule has 0 aromatic heterocycles. The Morgan fingerprint density at radius 1 is 1.39 bits per heavy atom. The second-order valence-electron chi connectivity index (χ2n) is 5.24. The lowest BCUT2D eigenvalue weighted by atomic mass is 9.98. The SMILES string of the molecule is CC1(O)CCCN(C(=O)C2=NNC(=O)CC2)CC1. The Hall–Kier alpha value is -1.43. The van der Waals surface area contributed by atoms with Gasteiger partial charge in [-0.2, -0.15) is 5.10 Å². The molecular weight excluding hydrogens is 234 g/mol. The summed E-state index contributed by atoms with van der Waals surface area (Å²) in [5, 5.41) is 13.8. The summed E-state index contributed by atoms with van der Waals surface area (Å²) in [5.41, 5.74) is 2.07. The number of nitrogens with one attached hydrogen (secondary N) is 1. The molecule has 2 N–H and O–H groups in total. The zero-order valence-electron chi connectivity index (χ0n) is 10.6. The van der Waals surface area contributed by atoms with Gasteiger partial charge in [0.15, 0.2) is 0 Å². The van der Waals surface area contributed by atoms with Crippen molar-refractivity contribution in [2.45, 2.75) is 44.6 Å². The first-order chi connectivity index (χ1) is 8.48. The minimum atomic E-state index is -0.683. The highest BCUT2D eigenvalue weighted by Gasteiger charge is 2.29. The highest BCUT2D eigenvalue weighted by molar-refractivity contribution is 6.39. The fraction of sp³-hybridized carbons (Fsp3) is 0.750. The molecule has 2 heterocycles. The number of carbonyl (C=O) groups excluding carboxylic acids is 2. The second kappa shape index (κ2) is 5.06. The highest BCUT2D eigenvalue weighted by atomic mass is 16.3. The molecule has 1 saturated heterocycles. The van der Waals surface area contributed by atoms with Crippen LogP contribution in [0, 0.1) is 0 Å². The zero-order valence-corrected chi connectivity index (χ0v) is 10.6. The average molecular weight is 253 g/mol. The molecule has 0 aromatic carbocycles. The summed E-state index contributed by atoms with van der Waals surface area (Å²) in [5.74, 6) is -0.266. The molecule has 0 radical (unpaired) electrons. The Balaban J connectivity index is 1.99. The van der Waals surface area contributed by atoms with E-state index in [4.69, 9.17) is 0 Å². The Kier molecular flexibility index (Phi) is 3.65. The summed E-state index contributed by atoms with van der Waals surface area (Å²) in [7, 11) is 0. The lowest BCUT2D eigenvalue weighted by molar-refractivity contribution is -0.124. The Morgan fingerprint density at radius 2 is 2.17 bits per heavy atom. The smallest absolute Gasteiger partial charge is 0.270 e. The fourth-order valence-corrected chi connectivity index (χ4v) is 2.28. The van der Waals surface area contributed by atoms with Crippen LogP contribution in [0.2, 0.25) is 0 Å². The minimum Gasteiger partial charge on any atom is -0.390 e. The number of hydrogen-bond donors (Lipinski definition) is 2. The van der Waals surface area contributed by atoms with Gasteiger partial charge in [-0.3, -0.25) is 9.59 Å². The van der Waals surface area contributed by atoms with Crippen molar-refractivity contribution in [2.24, 2.45) is 5.10 Å². The van der Waals surface area contributed by atoms with Crippen LogP contribution in [0.15, 0.2) is 5.10 Å². The molecule has 0 aliphatic carbocycles. The van der Waals surface area contributed by atoms with Crippen LogP contribution in [-0.2, 0) is 9.59 Å². The summed E-state index contributed by atoms with van der Waals surface area (Å²) in [6.45, 7) is 2.99. The van der Waals surface area contributed by atoms with Crippen molar-refractivity contribution in [3.05, 3.63) is 0 Å². The molecule has 0 spiro atoms. The van der Waals surface area contributed by atoms with E-state index >= 15 is 0 Å². The first-order valence-electron chi connectivity index (χ1n) is 6.35. The molecule has 2 aliphatic heterocycles. The van der Waals surface area contributed by atoms with E-state index in [9.17, 15) is 14.7 Å². The number of hydrazone groups is 1. The largest absolute Gasteiger partial charge is 0.390 e. The summed E-state index contributed by atoms with van der Waals surface area (Å²) in [4.78, 5) is 24.9. The van der Waals surface area contributed by atoms with E-state index in [2.05, 4.69) is 10.5 Å². The van der Waals surface area contributed by atoms with Crippen LogP contribution in [0.4, 0.5) is 0 Å². The molecule has 0 saturated carbocycles. The van der Waals surface area contributed by atoms with Gasteiger partial charge in [0.1, 0.15) is 5.71 Å². The van der Waals surface area contributed by atoms with Gasteiger partial charge in [-0.05, 0) is 26.2 Å². The standard InChI is InChI=1S/C12H19N3O3/c1-12(18)5-2-7-15(8-6-12)11(17)9-3-4-10(16)14-13-9/h18H,2-8H2,1H3,(H,14,16). The first-order valence-corrected chi connectivity index (χ1v) is 6.35. The molecular formula is C12H19N3O3. The van der Waals surface area contributed by atoms with Gasteiger partial charge in [-0.15, -0.1) is 0 Å². The van der Waals surface area contributed by atoms with E-state index in [-0.39, 0.29) is 11.8 Å². The van der Waals surface area contributed by atoms with Crippen molar-refractivity contribution >= 4 is 17.5 Å². The van der Waals surface area contributed by atoms with Crippen LogP contribution in [0.3, 0.4) is 0 Å². The fourth-order valence-electron chi connectivity index (χ4n) is 2.28. The van der Waals surface area contributed by atoms with Crippen molar-refractivity contribution < 1.29 is 14.7 Å². The predicted molar refractivity (Wildman–Crippen MR) is 65.9 cm³/mol. The van der Waals surface area contributed by atoms with E-state index in [0.717, 1.165) is 6.42 Å². The van der Waals surface area contributed by atoms with Gasteiger partial charge in [0, 0.05) is 25.9 Å². The van der Waals surface area contributed by atoms with Crippen molar-refractivity contribution in [2.75, 3.05) is 13.1 Å². The van der Waals surface area contributed by atoms with Gasteiger partial charge in [0.25, 0.3) is 5.91 Å². The van der Waals surface area contributed by atoms with Crippen molar-refractivity contribution in [3.63, 3.8) is 0 Å². The van der Waals surface area contributed by atoms with Crippen LogP contribution in [0.5, 0.6) is 0 Å². The molecule has 6 nitrogen and oxygen atoms in total. The first kappa shape index (κ1) is 13.0. The summed E-state index contributed by atoms with van der Waals surface area (Å²) >= 11 is 0. The number of nitrogens with zero attached hydrogens (tertiary/aromatic N) is 2. The van der Waals surface area contributed by atoms with E-state index in [1.807, 2.05) is 0 Å². The van der Waals surface area contributed by atoms with Gasteiger partial charge >= 0.3 is 0 Å². The topological polar surface area (TPSA) is 82.0 Å². The molecule has 1 atom stereocenters. The van der Waals surface area contributed by atoms with E-state index in [1.54, 1.807) is 11.8 Å². The second-order valence-corrected chi connectivity index (χ2v) is 5.24. The number of rotatable bonds is 1. The molecule has 6 heteroatoms. The predicted octanol–water partition coefficient (Wildman–Crippen LogP) is 0.0159. The third kappa shape index (κ3) is 3.07. The average Bonchev–Trinajstić information content (AvgIpc) is 2.50. The summed E-state index contributed by atoms with van der Waals surface area (Å²) < 4.78 is 0. The van der Waals surface area contributed by atoms with Crippen LogP contribution < -0.4 is 5.43 Å². The van der Waals surface area contributed by atoms with Crippen molar-refractivity contribution in [3.8, 4) is 0 Å². The molecule has 0 bridgehead atoms. The number of aliphatic hydroxyl groups is 1. The third-order valence-electron chi connectivity index (χ3n) is 3.50. The van der Waals surface area contributed by atoms with Crippen LogP contribution in [0.1, 0.15) is 39.0 Å². The molecule has 1 unspecified atom stereocenters. The Bertz CT molecular complexity index is 390. The minimum absolute atomic E-state index is 0.118. The van der Waals surface area contributed by atoms with Crippen LogP contribution >= 0.6 is 0 Å². The monoisotopic (exact) mass is 253 g/mol. The van der Waals surface area contributed by atoms with Gasteiger partial charge in [0.05, 0.1) is 5.60 Å². The summed E-state index contributed by atoms with van der Waals surface area (Å²) in [6, 6.07) is 0. The number of amides is 2. The van der Waals surface area contributed by atoms with Crippen LogP contribution in [0.25, 0.3) is 0 Å². The summed E-state index contributed by atoms with van der Waals surface area (Å²) in [6.07, 6.45) is 2.80. The lowest BCUT2D eigenvalue weighted by Gasteiger charge is -2.23. The third-order valence-corrected chi connectivity index (χ3v) is 3.50.